The molecule has 6 nitrogen and oxygen atoms in total. The highest BCUT2D eigenvalue weighted by Gasteiger charge is 2.45. The van der Waals surface area contributed by atoms with Gasteiger partial charge in [-0.2, -0.15) is 0 Å². The van der Waals surface area contributed by atoms with E-state index in [2.05, 4.69) is 12.1 Å². The number of hydrogen-bond acceptors (Lipinski definition) is 5. The van der Waals surface area contributed by atoms with Crippen LogP contribution < -0.4 is 19.5 Å². The highest BCUT2D eigenvalue weighted by Crippen LogP contribution is 2.48. The number of halogens is 1. The first-order valence-electron chi connectivity index (χ1n) is 15.7. The number of aliphatic carboxylic acids is 1. The van der Waals surface area contributed by atoms with E-state index in [1.165, 1.54) is 17.7 Å². The summed E-state index contributed by atoms with van der Waals surface area (Å²) in [6.45, 7) is 10.7. The number of rotatable bonds is 8. The number of benzene rings is 3. The van der Waals surface area contributed by atoms with Crippen molar-refractivity contribution in [2.24, 2.45) is 16.7 Å². The number of para-hydroxylation sites is 1. The summed E-state index contributed by atoms with van der Waals surface area (Å²) in [6.07, 6.45) is 6.00. The van der Waals surface area contributed by atoms with Crippen molar-refractivity contribution in [3.8, 4) is 22.6 Å². The lowest BCUT2D eigenvalue weighted by Crippen LogP contribution is -2.35. The third kappa shape index (κ3) is 8.19. The van der Waals surface area contributed by atoms with Gasteiger partial charge in [-0.15, -0.1) is 0 Å². The summed E-state index contributed by atoms with van der Waals surface area (Å²) in [5.74, 6) is 1.11. The second-order valence-electron chi connectivity index (χ2n) is 13.0. The summed E-state index contributed by atoms with van der Waals surface area (Å²) < 4.78 is 25.7. The fourth-order valence-corrected chi connectivity index (χ4v) is 6.10. The predicted octanol–water partition coefficient (Wildman–Crippen LogP) is 7.23. The summed E-state index contributed by atoms with van der Waals surface area (Å²) in [4.78, 5) is 24.8. The van der Waals surface area contributed by atoms with E-state index in [4.69, 9.17) is 9.47 Å². The van der Waals surface area contributed by atoms with Crippen LogP contribution in [0, 0.1) is 22.6 Å². The van der Waals surface area contributed by atoms with Crippen LogP contribution in [-0.4, -0.2) is 31.6 Å². The zero-order chi connectivity index (χ0) is 31.9. The van der Waals surface area contributed by atoms with E-state index < -0.39 is 11.4 Å². The minimum atomic E-state index is -1.01. The van der Waals surface area contributed by atoms with E-state index in [0.29, 0.717) is 25.6 Å². The number of nitrogens with zero attached hydrogens (tertiary/aromatic N) is 1. The molecule has 1 aliphatic carbocycles. The average molecular weight is 603 g/mol. The van der Waals surface area contributed by atoms with Crippen molar-refractivity contribution in [2.75, 3.05) is 24.7 Å². The number of ether oxygens (including phenoxy) is 2. The van der Waals surface area contributed by atoms with Gasteiger partial charge in [-0.3, -0.25) is 4.79 Å². The van der Waals surface area contributed by atoms with Gasteiger partial charge in [0, 0.05) is 30.0 Å². The summed E-state index contributed by atoms with van der Waals surface area (Å²) in [5.41, 5.74) is 3.38. The molecule has 1 amide bonds. The number of carbonyl (C=O) groups is 2. The van der Waals surface area contributed by atoms with Crippen molar-refractivity contribution in [2.45, 2.75) is 73.1 Å². The average Bonchev–Trinajstić information content (AvgIpc) is 3.31. The fourth-order valence-electron chi connectivity index (χ4n) is 6.10. The molecule has 1 spiro atoms. The van der Waals surface area contributed by atoms with Crippen LogP contribution in [0.25, 0.3) is 11.1 Å². The van der Waals surface area contributed by atoms with Crippen LogP contribution in [0.2, 0.25) is 0 Å². The molecule has 1 saturated heterocycles. The van der Waals surface area contributed by atoms with Gasteiger partial charge in [-0.25, -0.2) is 4.39 Å². The lowest BCUT2D eigenvalue weighted by atomic mass is 9.69. The van der Waals surface area contributed by atoms with E-state index in [-0.39, 0.29) is 17.1 Å². The molecule has 0 aromatic heterocycles. The third-order valence-electron chi connectivity index (χ3n) is 8.55. The maximum atomic E-state index is 13.6. The molecule has 7 heteroatoms. The van der Waals surface area contributed by atoms with Crippen LogP contribution in [0.15, 0.2) is 66.7 Å². The topological polar surface area (TPSA) is 78.9 Å². The van der Waals surface area contributed by atoms with Crippen molar-refractivity contribution < 1.29 is 28.6 Å². The minimum Gasteiger partial charge on any atom is -0.550 e. The summed E-state index contributed by atoms with van der Waals surface area (Å²) in [7, 11) is 0. The van der Waals surface area contributed by atoms with Crippen molar-refractivity contribution in [1.82, 2.24) is 0 Å². The van der Waals surface area contributed by atoms with E-state index in [1.54, 1.807) is 32.9 Å². The van der Waals surface area contributed by atoms with E-state index in [1.807, 2.05) is 49.1 Å². The molecule has 0 N–H and O–H groups in total. The Kier molecular flexibility index (Phi) is 10.7. The van der Waals surface area contributed by atoms with E-state index in [9.17, 15) is 19.1 Å². The maximum absolute atomic E-state index is 13.6. The Morgan fingerprint density at radius 2 is 1.50 bits per heavy atom. The highest BCUT2D eigenvalue weighted by atomic mass is 19.1. The largest absolute Gasteiger partial charge is 0.550 e. The molecule has 5 rings (SSSR count). The Labute approximate surface area is 261 Å². The lowest BCUT2D eigenvalue weighted by molar-refractivity contribution is -0.316. The normalized spacial score (nSPS) is 19.8. The fraction of sp³-hybridized carbons (Fsp3) is 0.459. The van der Waals surface area contributed by atoms with Gasteiger partial charge in [0.2, 0.25) is 5.91 Å². The molecule has 1 aliphatic heterocycles. The van der Waals surface area contributed by atoms with Gasteiger partial charge in [-0.1, -0.05) is 51.1 Å². The van der Waals surface area contributed by atoms with Gasteiger partial charge >= 0.3 is 0 Å². The number of carboxylic acid groups (broad SMARTS) is 1. The summed E-state index contributed by atoms with van der Waals surface area (Å²) >= 11 is 0. The lowest BCUT2D eigenvalue weighted by Gasteiger charge is -2.37. The molecule has 1 heterocycles. The molecular formula is C37H45FNO5-. The molecular weight excluding hydrogens is 557 g/mol. The molecule has 1 saturated carbocycles. The zero-order valence-electron chi connectivity index (χ0n) is 26.7. The number of anilines is 1. The van der Waals surface area contributed by atoms with Gasteiger partial charge in [0.05, 0.1) is 18.8 Å². The predicted molar refractivity (Wildman–Crippen MR) is 170 cm³/mol. The van der Waals surface area contributed by atoms with E-state index >= 15 is 0 Å². The molecule has 236 valence electrons. The van der Waals surface area contributed by atoms with Gasteiger partial charge in [0.25, 0.3) is 0 Å². The summed E-state index contributed by atoms with van der Waals surface area (Å²) in [5, 5.41) is 9.91. The molecule has 0 unspecified atom stereocenters. The Balaban J connectivity index is 0.000000566. The second kappa shape index (κ2) is 14.3. The van der Waals surface area contributed by atoms with Crippen molar-refractivity contribution in [1.29, 1.82) is 0 Å². The smallest absolute Gasteiger partial charge is 0.227 e. The molecule has 3 aromatic carbocycles. The number of hydrogen-bond donors (Lipinski definition) is 0. The highest BCUT2D eigenvalue weighted by molar-refractivity contribution is 5.96. The quantitative estimate of drug-likeness (QED) is 0.272. The number of amides is 1. The zero-order valence-corrected chi connectivity index (χ0v) is 26.7. The Morgan fingerprint density at radius 1 is 0.955 bits per heavy atom. The summed E-state index contributed by atoms with van der Waals surface area (Å²) in [6, 6.07) is 20.8. The number of carboxylic acids is 1. The first-order valence-corrected chi connectivity index (χ1v) is 15.7. The molecule has 0 atom stereocenters. The van der Waals surface area contributed by atoms with Crippen LogP contribution in [0.1, 0.15) is 72.3 Å². The van der Waals surface area contributed by atoms with Crippen LogP contribution in [0.3, 0.4) is 0 Å². The van der Waals surface area contributed by atoms with Crippen molar-refractivity contribution in [3.05, 3.63) is 78.1 Å². The van der Waals surface area contributed by atoms with Gasteiger partial charge in [-0.05, 0) is 105 Å². The Bertz CT molecular complexity index is 1380. The van der Waals surface area contributed by atoms with Crippen molar-refractivity contribution >= 4 is 17.6 Å². The van der Waals surface area contributed by atoms with Crippen molar-refractivity contribution in [3.63, 3.8) is 0 Å². The second-order valence-corrected chi connectivity index (χ2v) is 13.0. The van der Waals surface area contributed by atoms with E-state index in [0.717, 1.165) is 67.0 Å². The number of carbonyl (C=O) groups excluding carboxylic acids is 2. The molecule has 2 aliphatic rings. The molecule has 3 aromatic rings. The first kappa shape index (κ1) is 33.0. The molecule has 2 fully saturated rings. The van der Waals surface area contributed by atoms with Gasteiger partial charge in [0.15, 0.2) is 0 Å². The van der Waals surface area contributed by atoms with Crippen LogP contribution >= 0.6 is 0 Å². The third-order valence-corrected chi connectivity index (χ3v) is 8.55. The Hall–Kier alpha value is -3.87. The van der Waals surface area contributed by atoms with Gasteiger partial charge < -0.3 is 24.3 Å². The monoisotopic (exact) mass is 602 g/mol. The molecule has 0 radical (unpaired) electrons. The Morgan fingerprint density at radius 3 is 2.00 bits per heavy atom. The molecule has 44 heavy (non-hydrogen) atoms. The van der Waals surface area contributed by atoms with Gasteiger partial charge in [0.1, 0.15) is 17.3 Å². The minimum absolute atomic E-state index is 0.100. The SMILES string of the molecule is CC(C)(C)C(=O)[O-].CCOc1cc(CC2CCC3(CC2)CC(=O)N(c2ccccc2)C3)cc(OCC)c1-c1ccc(F)cc1. The van der Waals surface area contributed by atoms with Crippen LogP contribution in [0.4, 0.5) is 10.1 Å². The maximum Gasteiger partial charge on any atom is 0.227 e. The molecule has 0 bridgehead atoms. The van der Waals surface area contributed by atoms with Crippen LogP contribution in [-0.2, 0) is 16.0 Å². The van der Waals surface area contributed by atoms with Crippen LogP contribution in [0.5, 0.6) is 11.5 Å². The first-order chi connectivity index (χ1) is 20.9. The standard InChI is InChI=1S/C32H36FNO3.C5H10O2/c1-3-36-28-19-24(20-29(37-4-2)31(28)25-10-12-26(33)13-11-25)18-23-14-16-32(17-15-23)21-30(35)34(22-32)27-8-6-5-7-9-27;1-5(2,3)4(6)7/h5-13,19-20,23H,3-4,14-18,21-22H2,1-2H3;1-3H3,(H,6,7)/p-1.